The van der Waals surface area contributed by atoms with E-state index in [4.69, 9.17) is 23.2 Å². The zero-order valence-electron chi connectivity index (χ0n) is 11.1. The summed E-state index contributed by atoms with van der Waals surface area (Å²) in [5, 5.41) is 4.62. The Morgan fingerprint density at radius 2 is 1.85 bits per heavy atom. The standard InChI is InChI=1S/C15H14BrCl2NS/c1-9(19-2)10-3-6-14(12(16)7-10)20-15-8-11(17)4-5-13(15)18/h3-9,19H,1-2H3. The molecule has 2 aromatic rings. The Bertz CT molecular complexity index is 619. The van der Waals surface area contributed by atoms with Gasteiger partial charge in [0.1, 0.15) is 0 Å². The molecule has 0 spiro atoms. The van der Waals surface area contributed by atoms with Gasteiger partial charge in [0, 0.05) is 25.3 Å². The minimum atomic E-state index is 0.320. The number of nitrogens with one attached hydrogen (secondary N) is 1. The van der Waals surface area contributed by atoms with Crippen molar-refractivity contribution >= 4 is 50.9 Å². The van der Waals surface area contributed by atoms with Gasteiger partial charge in [-0.1, -0.05) is 41.0 Å². The maximum absolute atomic E-state index is 6.20. The third-order valence-electron chi connectivity index (χ3n) is 3.00. The number of halogens is 3. The smallest absolute Gasteiger partial charge is 0.0546 e. The summed E-state index contributed by atoms with van der Waals surface area (Å²) >= 11 is 17.4. The molecule has 0 heterocycles. The Morgan fingerprint density at radius 1 is 1.10 bits per heavy atom. The topological polar surface area (TPSA) is 12.0 Å². The van der Waals surface area contributed by atoms with E-state index >= 15 is 0 Å². The van der Waals surface area contributed by atoms with E-state index in [0.717, 1.165) is 14.3 Å². The predicted octanol–water partition coefficient (Wildman–Crippen LogP) is 6.19. The third-order valence-corrected chi connectivity index (χ3v) is 5.73. The molecule has 0 fully saturated rings. The van der Waals surface area contributed by atoms with E-state index in [1.165, 1.54) is 5.56 Å². The van der Waals surface area contributed by atoms with Gasteiger partial charge in [-0.15, -0.1) is 0 Å². The molecule has 0 bridgehead atoms. The van der Waals surface area contributed by atoms with E-state index < -0.39 is 0 Å². The molecule has 1 unspecified atom stereocenters. The van der Waals surface area contributed by atoms with E-state index in [1.54, 1.807) is 17.8 Å². The summed E-state index contributed by atoms with van der Waals surface area (Å²) in [5.74, 6) is 0. The van der Waals surface area contributed by atoms with Crippen molar-refractivity contribution in [3.8, 4) is 0 Å². The maximum atomic E-state index is 6.20. The van der Waals surface area contributed by atoms with Gasteiger partial charge in [0.05, 0.1) is 5.02 Å². The maximum Gasteiger partial charge on any atom is 0.0546 e. The first-order valence-corrected chi connectivity index (χ1v) is 8.47. The largest absolute Gasteiger partial charge is 0.313 e. The van der Waals surface area contributed by atoms with Crippen LogP contribution in [-0.4, -0.2) is 7.05 Å². The molecule has 0 aromatic heterocycles. The molecule has 0 radical (unpaired) electrons. The summed E-state index contributed by atoms with van der Waals surface area (Å²) in [7, 11) is 1.95. The fourth-order valence-corrected chi connectivity index (χ4v) is 3.70. The van der Waals surface area contributed by atoms with Crippen molar-refractivity contribution in [3.05, 3.63) is 56.5 Å². The summed E-state index contributed by atoms with van der Waals surface area (Å²) in [6.07, 6.45) is 0. The van der Waals surface area contributed by atoms with Crippen LogP contribution in [0.3, 0.4) is 0 Å². The van der Waals surface area contributed by atoms with Crippen LogP contribution in [0.4, 0.5) is 0 Å². The van der Waals surface area contributed by atoms with Gasteiger partial charge in [-0.05, 0) is 65.8 Å². The molecule has 0 aliphatic rings. The van der Waals surface area contributed by atoms with Crippen LogP contribution in [0.15, 0.2) is 50.7 Å². The van der Waals surface area contributed by atoms with Gasteiger partial charge in [0.2, 0.25) is 0 Å². The first kappa shape index (κ1) is 16.2. The number of benzene rings is 2. The van der Waals surface area contributed by atoms with Crippen molar-refractivity contribution in [1.29, 1.82) is 0 Å². The second kappa shape index (κ2) is 7.19. The zero-order chi connectivity index (χ0) is 14.7. The highest BCUT2D eigenvalue weighted by molar-refractivity contribution is 9.10. The van der Waals surface area contributed by atoms with Gasteiger partial charge in [0.15, 0.2) is 0 Å². The number of hydrogen-bond acceptors (Lipinski definition) is 2. The van der Waals surface area contributed by atoms with E-state index in [1.807, 2.05) is 19.2 Å². The van der Waals surface area contributed by atoms with Crippen LogP contribution in [0.2, 0.25) is 10.0 Å². The minimum Gasteiger partial charge on any atom is -0.313 e. The molecule has 0 saturated carbocycles. The summed E-state index contributed by atoms with van der Waals surface area (Å²) < 4.78 is 1.05. The molecule has 0 aliphatic carbocycles. The van der Waals surface area contributed by atoms with Crippen LogP contribution in [-0.2, 0) is 0 Å². The molecule has 20 heavy (non-hydrogen) atoms. The first-order valence-electron chi connectivity index (χ1n) is 6.11. The SMILES string of the molecule is CNC(C)c1ccc(Sc2cc(Cl)ccc2Cl)c(Br)c1. The minimum absolute atomic E-state index is 0.320. The second-order valence-corrected chi connectivity index (χ2v) is 7.16. The van der Waals surface area contributed by atoms with Gasteiger partial charge in [-0.2, -0.15) is 0 Å². The summed E-state index contributed by atoms with van der Waals surface area (Å²) in [6, 6.07) is 12.1. The fraction of sp³-hybridized carbons (Fsp3) is 0.200. The molecule has 1 N–H and O–H groups in total. The van der Waals surface area contributed by atoms with Gasteiger partial charge < -0.3 is 5.32 Å². The summed E-state index contributed by atoms with van der Waals surface area (Å²) in [5.41, 5.74) is 1.24. The van der Waals surface area contributed by atoms with Crippen LogP contribution in [0.25, 0.3) is 0 Å². The molecular formula is C15H14BrCl2NS. The van der Waals surface area contributed by atoms with E-state index in [9.17, 15) is 0 Å². The first-order chi connectivity index (χ1) is 9.51. The van der Waals surface area contributed by atoms with Crippen LogP contribution in [0, 0.1) is 0 Å². The molecule has 0 saturated heterocycles. The second-order valence-electron chi connectivity index (χ2n) is 4.38. The van der Waals surface area contributed by atoms with Crippen LogP contribution < -0.4 is 5.32 Å². The summed E-state index contributed by atoms with van der Waals surface area (Å²) in [4.78, 5) is 2.07. The van der Waals surface area contributed by atoms with Crippen molar-refractivity contribution in [1.82, 2.24) is 5.32 Å². The van der Waals surface area contributed by atoms with E-state index in [0.29, 0.717) is 16.1 Å². The van der Waals surface area contributed by atoms with Crippen molar-refractivity contribution in [3.63, 3.8) is 0 Å². The zero-order valence-corrected chi connectivity index (χ0v) is 15.0. The lowest BCUT2D eigenvalue weighted by molar-refractivity contribution is 0.651. The van der Waals surface area contributed by atoms with Gasteiger partial charge >= 0.3 is 0 Å². The van der Waals surface area contributed by atoms with E-state index in [2.05, 4.69) is 46.4 Å². The predicted molar refractivity (Wildman–Crippen MR) is 92.2 cm³/mol. The van der Waals surface area contributed by atoms with Crippen LogP contribution >= 0.6 is 50.9 Å². The van der Waals surface area contributed by atoms with Gasteiger partial charge in [-0.25, -0.2) is 0 Å². The Hall–Kier alpha value is -0.190. The molecule has 106 valence electrons. The lowest BCUT2D eigenvalue weighted by atomic mass is 10.1. The normalized spacial score (nSPS) is 12.4. The molecule has 1 atom stereocenters. The third kappa shape index (κ3) is 3.92. The highest BCUT2D eigenvalue weighted by atomic mass is 79.9. The van der Waals surface area contributed by atoms with Crippen LogP contribution in [0.5, 0.6) is 0 Å². The molecule has 2 aromatic carbocycles. The van der Waals surface area contributed by atoms with Crippen molar-refractivity contribution in [2.45, 2.75) is 22.8 Å². The van der Waals surface area contributed by atoms with Gasteiger partial charge in [0.25, 0.3) is 0 Å². The average Bonchev–Trinajstić information content (AvgIpc) is 2.44. The van der Waals surface area contributed by atoms with Crippen molar-refractivity contribution < 1.29 is 0 Å². The quantitative estimate of drug-likeness (QED) is 0.667. The molecule has 2 rings (SSSR count). The van der Waals surface area contributed by atoms with E-state index in [-0.39, 0.29) is 0 Å². The molecule has 5 heteroatoms. The molecular weight excluding hydrogens is 377 g/mol. The lowest BCUT2D eigenvalue weighted by Crippen LogP contribution is -2.12. The van der Waals surface area contributed by atoms with Crippen molar-refractivity contribution in [2.75, 3.05) is 7.05 Å². The number of hydrogen-bond donors (Lipinski definition) is 1. The highest BCUT2D eigenvalue weighted by Gasteiger charge is 2.09. The Morgan fingerprint density at radius 3 is 2.50 bits per heavy atom. The van der Waals surface area contributed by atoms with Crippen LogP contribution in [0.1, 0.15) is 18.5 Å². The monoisotopic (exact) mass is 389 g/mol. The molecule has 0 aliphatic heterocycles. The van der Waals surface area contributed by atoms with Crippen molar-refractivity contribution in [2.24, 2.45) is 0 Å². The molecule has 1 nitrogen and oxygen atoms in total. The Labute approximate surface area is 142 Å². The summed E-state index contributed by atoms with van der Waals surface area (Å²) in [6.45, 7) is 2.13. The van der Waals surface area contributed by atoms with Gasteiger partial charge in [-0.3, -0.25) is 0 Å². The molecule has 0 amide bonds. The Balaban J connectivity index is 2.28. The fourth-order valence-electron chi connectivity index (χ4n) is 1.71. The Kier molecular flexibility index (Phi) is 5.82. The lowest BCUT2D eigenvalue weighted by Gasteiger charge is -2.13. The number of rotatable bonds is 4. The highest BCUT2D eigenvalue weighted by Crippen LogP contribution is 2.39. The average molecular weight is 391 g/mol.